The minimum absolute atomic E-state index is 0.181. The summed E-state index contributed by atoms with van der Waals surface area (Å²) < 4.78 is 79.6. The van der Waals surface area contributed by atoms with E-state index in [4.69, 9.17) is 5.26 Å². The fraction of sp³-hybridized carbons (Fsp3) is 0.238. The van der Waals surface area contributed by atoms with Crippen LogP contribution in [0.25, 0.3) is 11.3 Å². The lowest BCUT2D eigenvalue weighted by atomic mass is 10.0. The van der Waals surface area contributed by atoms with Gasteiger partial charge in [0.05, 0.1) is 34.6 Å². The molecular formula is C21H13F6N5O. The molecule has 1 amide bonds. The number of hydrogen-bond donors (Lipinski definition) is 1. The standard InChI is InChI=1S/C21H13F6N5O/c22-20(23,24)14-6-11(10-28)5-13(7-14)19(33)30-15-2-4-32-17(15)9-16(31-32)12-1-3-29-18(8-12)21(25,26)27/h1,3,5-9,15H,2,4H2,(H,30,33)/t15-/m1/s1. The lowest BCUT2D eigenvalue weighted by Crippen LogP contribution is -2.27. The maximum Gasteiger partial charge on any atom is 0.433 e. The van der Waals surface area contributed by atoms with Gasteiger partial charge in [-0.15, -0.1) is 0 Å². The largest absolute Gasteiger partial charge is 0.433 e. The monoisotopic (exact) mass is 465 g/mol. The first kappa shape index (κ1) is 22.3. The topological polar surface area (TPSA) is 83.6 Å². The van der Waals surface area contributed by atoms with E-state index in [9.17, 15) is 31.1 Å². The van der Waals surface area contributed by atoms with E-state index >= 15 is 0 Å². The van der Waals surface area contributed by atoms with Crippen LogP contribution in [0.2, 0.25) is 0 Å². The van der Waals surface area contributed by atoms with Gasteiger partial charge in [0, 0.05) is 23.9 Å². The number of amides is 1. The highest BCUT2D eigenvalue weighted by atomic mass is 19.4. The van der Waals surface area contributed by atoms with Crippen molar-refractivity contribution in [2.75, 3.05) is 0 Å². The van der Waals surface area contributed by atoms with Gasteiger partial charge >= 0.3 is 12.4 Å². The smallest absolute Gasteiger partial charge is 0.344 e. The van der Waals surface area contributed by atoms with Crippen molar-refractivity contribution in [3.63, 3.8) is 0 Å². The van der Waals surface area contributed by atoms with Crippen LogP contribution in [-0.2, 0) is 18.9 Å². The van der Waals surface area contributed by atoms with Gasteiger partial charge in [0.2, 0.25) is 0 Å². The van der Waals surface area contributed by atoms with E-state index in [1.807, 2.05) is 0 Å². The van der Waals surface area contributed by atoms with Crippen molar-refractivity contribution >= 4 is 5.91 Å². The number of carbonyl (C=O) groups excluding carboxylic acids is 1. The quantitative estimate of drug-likeness (QED) is 0.567. The zero-order valence-corrected chi connectivity index (χ0v) is 16.5. The van der Waals surface area contributed by atoms with Crippen molar-refractivity contribution in [1.29, 1.82) is 5.26 Å². The fourth-order valence-corrected chi connectivity index (χ4v) is 3.55. The lowest BCUT2D eigenvalue weighted by molar-refractivity contribution is -0.141. The van der Waals surface area contributed by atoms with Crippen LogP contribution in [0, 0.1) is 11.3 Å². The van der Waals surface area contributed by atoms with Gasteiger partial charge in [-0.2, -0.15) is 36.7 Å². The van der Waals surface area contributed by atoms with E-state index in [-0.39, 0.29) is 22.4 Å². The molecule has 1 aromatic carbocycles. The van der Waals surface area contributed by atoms with E-state index in [1.165, 1.54) is 16.8 Å². The Hall–Kier alpha value is -3.88. The molecule has 2 aromatic heterocycles. The maximum atomic E-state index is 13.1. The Bertz CT molecular complexity index is 1270. The summed E-state index contributed by atoms with van der Waals surface area (Å²) in [6.07, 6.45) is -7.95. The third kappa shape index (κ3) is 4.52. The molecule has 3 heterocycles. The summed E-state index contributed by atoms with van der Waals surface area (Å²) in [7, 11) is 0. The van der Waals surface area contributed by atoms with Crippen molar-refractivity contribution in [3.05, 3.63) is 70.7 Å². The number of rotatable bonds is 3. The number of carbonyl (C=O) groups is 1. The van der Waals surface area contributed by atoms with E-state index in [0.717, 1.165) is 18.3 Å². The predicted octanol–water partition coefficient (Wildman–Crippen LogP) is 4.73. The zero-order chi connectivity index (χ0) is 24.0. The Labute approximate surface area is 182 Å². The summed E-state index contributed by atoms with van der Waals surface area (Å²) in [5, 5.41) is 15.9. The van der Waals surface area contributed by atoms with E-state index in [0.29, 0.717) is 30.8 Å². The van der Waals surface area contributed by atoms with Crippen molar-refractivity contribution in [2.24, 2.45) is 0 Å². The molecule has 1 aliphatic rings. The first-order valence-corrected chi connectivity index (χ1v) is 9.50. The third-order valence-electron chi connectivity index (χ3n) is 5.10. The zero-order valence-electron chi connectivity index (χ0n) is 16.5. The van der Waals surface area contributed by atoms with Crippen molar-refractivity contribution < 1.29 is 31.1 Å². The van der Waals surface area contributed by atoms with Crippen LogP contribution in [0.4, 0.5) is 26.3 Å². The number of benzene rings is 1. The summed E-state index contributed by atoms with van der Waals surface area (Å²) in [5.74, 6) is -0.818. The SMILES string of the molecule is N#Cc1cc(C(=O)N[C@@H]2CCn3nc(-c4ccnc(C(F)(F)F)c4)cc32)cc(C(F)(F)F)c1. The minimum atomic E-state index is -4.73. The maximum absolute atomic E-state index is 13.1. The molecule has 6 nitrogen and oxygen atoms in total. The molecule has 33 heavy (non-hydrogen) atoms. The highest BCUT2D eigenvalue weighted by Crippen LogP contribution is 2.34. The molecule has 12 heteroatoms. The molecule has 0 spiro atoms. The molecule has 0 aliphatic carbocycles. The Balaban J connectivity index is 1.59. The van der Waals surface area contributed by atoms with Gasteiger partial charge in [-0.3, -0.25) is 14.5 Å². The number of pyridine rings is 1. The van der Waals surface area contributed by atoms with Gasteiger partial charge in [0.25, 0.3) is 5.91 Å². The van der Waals surface area contributed by atoms with Crippen LogP contribution in [0.15, 0.2) is 42.6 Å². The molecule has 0 saturated carbocycles. The fourth-order valence-electron chi connectivity index (χ4n) is 3.55. The van der Waals surface area contributed by atoms with Crippen molar-refractivity contribution in [3.8, 4) is 17.3 Å². The molecular weight excluding hydrogens is 452 g/mol. The molecule has 0 fully saturated rings. The van der Waals surface area contributed by atoms with Crippen LogP contribution >= 0.6 is 0 Å². The molecule has 0 bridgehead atoms. The second-order valence-electron chi connectivity index (χ2n) is 7.33. The van der Waals surface area contributed by atoms with Crippen LogP contribution in [0.5, 0.6) is 0 Å². The van der Waals surface area contributed by atoms with Crippen molar-refractivity contribution in [1.82, 2.24) is 20.1 Å². The summed E-state index contributed by atoms with van der Waals surface area (Å²) in [6, 6.07) is 7.08. The number of halogens is 6. The number of aromatic nitrogens is 3. The lowest BCUT2D eigenvalue weighted by Gasteiger charge is -2.14. The van der Waals surface area contributed by atoms with E-state index < -0.39 is 35.6 Å². The van der Waals surface area contributed by atoms with Gasteiger partial charge in [-0.1, -0.05) is 0 Å². The van der Waals surface area contributed by atoms with E-state index in [1.54, 1.807) is 6.07 Å². The molecule has 1 aliphatic heterocycles. The molecule has 0 unspecified atom stereocenters. The van der Waals surface area contributed by atoms with Crippen LogP contribution in [-0.4, -0.2) is 20.7 Å². The van der Waals surface area contributed by atoms with Crippen LogP contribution < -0.4 is 5.32 Å². The van der Waals surface area contributed by atoms with Gasteiger partial charge in [-0.25, -0.2) is 0 Å². The van der Waals surface area contributed by atoms with Crippen LogP contribution in [0.1, 0.15) is 45.3 Å². The number of nitriles is 1. The number of alkyl halides is 6. The molecule has 1 N–H and O–H groups in total. The molecule has 0 radical (unpaired) electrons. The van der Waals surface area contributed by atoms with E-state index in [2.05, 4.69) is 15.4 Å². The average molecular weight is 465 g/mol. The molecule has 1 atom stereocenters. The summed E-state index contributed by atoms with van der Waals surface area (Å²) in [6.45, 7) is 0.351. The number of fused-ring (bicyclic) bond motifs is 1. The molecule has 3 aromatic rings. The average Bonchev–Trinajstić information content (AvgIpc) is 3.34. The normalized spacial score (nSPS) is 15.7. The minimum Gasteiger partial charge on any atom is -0.344 e. The Morgan fingerprint density at radius 2 is 1.85 bits per heavy atom. The Kier molecular flexibility index (Phi) is 5.35. The van der Waals surface area contributed by atoms with Gasteiger partial charge < -0.3 is 5.32 Å². The Morgan fingerprint density at radius 3 is 2.52 bits per heavy atom. The number of nitrogens with one attached hydrogen (secondary N) is 1. The second-order valence-corrected chi connectivity index (χ2v) is 7.33. The van der Waals surface area contributed by atoms with Gasteiger partial charge in [0.15, 0.2) is 0 Å². The van der Waals surface area contributed by atoms with Gasteiger partial charge in [0.1, 0.15) is 5.69 Å². The third-order valence-corrected chi connectivity index (χ3v) is 5.10. The molecule has 0 saturated heterocycles. The highest BCUT2D eigenvalue weighted by Gasteiger charge is 2.34. The van der Waals surface area contributed by atoms with Crippen molar-refractivity contribution in [2.45, 2.75) is 31.4 Å². The summed E-state index contributed by atoms with van der Waals surface area (Å²) in [5.41, 5.74) is -1.92. The first-order valence-electron chi connectivity index (χ1n) is 9.50. The molecule has 170 valence electrons. The summed E-state index contributed by atoms with van der Waals surface area (Å²) >= 11 is 0. The number of aryl methyl sites for hydroxylation is 1. The number of hydrogen-bond acceptors (Lipinski definition) is 4. The van der Waals surface area contributed by atoms with Gasteiger partial charge in [-0.05, 0) is 42.8 Å². The second kappa shape index (κ2) is 7.91. The predicted molar refractivity (Wildman–Crippen MR) is 101 cm³/mol. The number of nitrogens with zero attached hydrogens (tertiary/aromatic N) is 4. The first-order chi connectivity index (χ1) is 15.5. The summed E-state index contributed by atoms with van der Waals surface area (Å²) in [4.78, 5) is 15.9. The van der Waals surface area contributed by atoms with Crippen LogP contribution in [0.3, 0.4) is 0 Å². The highest BCUT2D eigenvalue weighted by molar-refractivity contribution is 5.95. The Morgan fingerprint density at radius 1 is 1.09 bits per heavy atom. The molecule has 4 rings (SSSR count).